The number of fused-ring (bicyclic) bond motifs is 1. The molecule has 1 aromatic carbocycles. The van der Waals surface area contributed by atoms with Gasteiger partial charge in [-0.3, -0.25) is 0 Å². The van der Waals surface area contributed by atoms with Gasteiger partial charge in [-0.15, -0.1) is 0 Å². The fourth-order valence-electron chi connectivity index (χ4n) is 2.16. The molecular formula is C14H13ClN4O. The van der Waals surface area contributed by atoms with Gasteiger partial charge in [0.15, 0.2) is 0 Å². The summed E-state index contributed by atoms with van der Waals surface area (Å²) in [5, 5.41) is 0.632. The van der Waals surface area contributed by atoms with Crippen molar-refractivity contribution in [3.8, 4) is 5.88 Å². The van der Waals surface area contributed by atoms with Crippen LogP contribution in [0.2, 0.25) is 5.02 Å². The van der Waals surface area contributed by atoms with Crippen molar-refractivity contribution in [2.75, 3.05) is 12.8 Å². The number of aromatic nitrogens is 3. The van der Waals surface area contributed by atoms with Crippen LogP contribution in [0.5, 0.6) is 5.88 Å². The summed E-state index contributed by atoms with van der Waals surface area (Å²) < 4.78 is 7.00. The maximum atomic E-state index is 6.25. The molecule has 6 heteroatoms. The third kappa shape index (κ3) is 2.16. The van der Waals surface area contributed by atoms with E-state index in [-0.39, 0.29) is 0 Å². The molecule has 3 aromatic rings. The summed E-state index contributed by atoms with van der Waals surface area (Å²) >= 11 is 6.25. The van der Waals surface area contributed by atoms with E-state index in [9.17, 15) is 0 Å². The maximum absolute atomic E-state index is 6.25. The lowest BCUT2D eigenvalue weighted by Gasteiger charge is -2.08. The van der Waals surface area contributed by atoms with E-state index < -0.39 is 0 Å². The number of nitrogens with zero attached hydrogens (tertiary/aromatic N) is 3. The quantitative estimate of drug-likeness (QED) is 0.805. The minimum absolute atomic E-state index is 0.434. The Labute approximate surface area is 121 Å². The first-order valence-corrected chi connectivity index (χ1v) is 6.46. The van der Waals surface area contributed by atoms with Gasteiger partial charge >= 0.3 is 0 Å². The second-order valence-corrected chi connectivity index (χ2v) is 4.78. The number of hydrogen-bond acceptors (Lipinski definition) is 4. The van der Waals surface area contributed by atoms with Crippen molar-refractivity contribution in [1.82, 2.24) is 14.5 Å². The largest absolute Gasteiger partial charge is 0.481 e. The van der Waals surface area contributed by atoms with Crippen molar-refractivity contribution in [2.45, 2.75) is 6.54 Å². The van der Waals surface area contributed by atoms with Gasteiger partial charge in [0.2, 0.25) is 11.8 Å². The molecule has 0 atom stereocenters. The number of pyridine rings is 1. The molecule has 3 rings (SSSR count). The Hall–Kier alpha value is -2.27. The molecule has 0 bridgehead atoms. The number of anilines is 1. The summed E-state index contributed by atoms with van der Waals surface area (Å²) in [4.78, 5) is 8.41. The van der Waals surface area contributed by atoms with Gasteiger partial charge < -0.3 is 15.0 Å². The lowest BCUT2D eigenvalue weighted by atomic mass is 10.2. The monoisotopic (exact) mass is 288 g/mol. The van der Waals surface area contributed by atoms with Crippen LogP contribution in [0.25, 0.3) is 11.0 Å². The number of ether oxygens (including phenoxy) is 1. The zero-order valence-corrected chi connectivity index (χ0v) is 11.6. The molecule has 0 radical (unpaired) electrons. The van der Waals surface area contributed by atoms with E-state index in [0.717, 1.165) is 16.6 Å². The first-order chi connectivity index (χ1) is 9.69. The number of halogens is 1. The van der Waals surface area contributed by atoms with E-state index in [0.29, 0.717) is 23.4 Å². The summed E-state index contributed by atoms with van der Waals surface area (Å²) in [5.41, 5.74) is 8.63. The number of rotatable bonds is 3. The molecule has 0 saturated carbocycles. The van der Waals surface area contributed by atoms with E-state index in [2.05, 4.69) is 9.97 Å². The Balaban J connectivity index is 2.08. The Kier molecular flexibility index (Phi) is 3.20. The van der Waals surface area contributed by atoms with Crippen LogP contribution in [0.3, 0.4) is 0 Å². The molecule has 0 fully saturated rings. The molecule has 0 aliphatic carbocycles. The molecular weight excluding hydrogens is 276 g/mol. The summed E-state index contributed by atoms with van der Waals surface area (Å²) in [6.45, 7) is 0.560. The van der Waals surface area contributed by atoms with Crippen molar-refractivity contribution in [1.29, 1.82) is 0 Å². The maximum Gasteiger partial charge on any atom is 0.213 e. The Morgan fingerprint density at radius 2 is 2.20 bits per heavy atom. The van der Waals surface area contributed by atoms with E-state index >= 15 is 0 Å². The molecule has 0 amide bonds. The van der Waals surface area contributed by atoms with Crippen molar-refractivity contribution in [2.24, 2.45) is 0 Å². The summed E-state index contributed by atoms with van der Waals surface area (Å²) in [5.74, 6) is 1.00. The number of methoxy groups -OCH3 is 1. The van der Waals surface area contributed by atoms with Crippen LogP contribution >= 0.6 is 11.6 Å². The van der Waals surface area contributed by atoms with Crippen molar-refractivity contribution in [3.63, 3.8) is 0 Å². The summed E-state index contributed by atoms with van der Waals surface area (Å²) in [6.07, 6.45) is 1.70. The molecule has 5 nitrogen and oxygen atoms in total. The fraction of sp³-hybridized carbons (Fsp3) is 0.143. The number of benzene rings is 1. The predicted molar refractivity (Wildman–Crippen MR) is 79.0 cm³/mol. The highest BCUT2D eigenvalue weighted by Gasteiger charge is 2.11. The summed E-state index contributed by atoms with van der Waals surface area (Å²) in [7, 11) is 1.59. The third-order valence-corrected chi connectivity index (χ3v) is 3.40. The van der Waals surface area contributed by atoms with Gasteiger partial charge in [0.25, 0.3) is 0 Å². The Morgan fingerprint density at radius 1 is 1.35 bits per heavy atom. The lowest BCUT2D eigenvalue weighted by Crippen LogP contribution is -2.05. The number of hydrogen-bond donors (Lipinski definition) is 1. The van der Waals surface area contributed by atoms with Gasteiger partial charge in [0, 0.05) is 12.3 Å². The van der Waals surface area contributed by atoms with E-state index in [1.54, 1.807) is 13.3 Å². The molecule has 2 heterocycles. The molecule has 102 valence electrons. The average Bonchev–Trinajstić information content (AvgIpc) is 2.77. The zero-order valence-electron chi connectivity index (χ0n) is 10.9. The second kappa shape index (κ2) is 5.02. The van der Waals surface area contributed by atoms with Crippen LogP contribution in [0.15, 0.2) is 36.5 Å². The van der Waals surface area contributed by atoms with Crippen LogP contribution in [0, 0.1) is 0 Å². The second-order valence-electron chi connectivity index (χ2n) is 4.37. The van der Waals surface area contributed by atoms with Gasteiger partial charge in [-0.05, 0) is 23.8 Å². The molecule has 0 aliphatic rings. The van der Waals surface area contributed by atoms with Crippen LogP contribution in [-0.4, -0.2) is 21.6 Å². The first-order valence-electron chi connectivity index (χ1n) is 6.08. The van der Waals surface area contributed by atoms with Crippen LogP contribution in [-0.2, 0) is 6.54 Å². The Bertz CT molecular complexity index is 769. The van der Waals surface area contributed by atoms with Crippen molar-refractivity contribution in [3.05, 3.63) is 47.1 Å². The number of nitrogens with two attached hydrogens (primary N) is 1. The van der Waals surface area contributed by atoms with Crippen molar-refractivity contribution < 1.29 is 4.74 Å². The number of nitrogen functional groups attached to an aromatic ring is 1. The van der Waals surface area contributed by atoms with Crippen LogP contribution in [0.4, 0.5) is 5.95 Å². The van der Waals surface area contributed by atoms with E-state index in [1.165, 1.54) is 0 Å². The van der Waals surface area contributed by atoms with Crippen LogP contribution in [0.1, 0.15) is 5.56 Å². The number of para-hydroxylation sites is 1. The highest BCUT2D eigenvalue weighted by molar-refractivity contribution is 6.35. The lowest BCUT2D eigenvalue weighted by molar-refractivity contribution is 0.397. The molecule has 2 N–H and O–H groups in total. The minimum atomic E-state index is 0.434. The molecule has 20 heavy (non-hydrogen) atoms. The molecule has 0 saturated heterocycles. The summed E-state index contributed by atoms with van der Waals surface area (Å²) in [6, 6.07) is 9.35. The van der Waals surface area contributed by atoms with Gasteiger partial charge in [0.05, 0.1) is 29.7 Å². The van der Waals surface area contributed by atoms with Crippen LogP contribution < -0.4 is 10.5 Å². The van der Waals surface area contributed by atoms with Crippen molar-refractivity contribution >= 4 is 28.6 Å². The Morgan fingerprint density at radius 3 is 3.00 bits per heavy atom. The minimum Gasteiger partial charge on any atom is -0.481 e. The SMILES string of the molecule is COc1cc(Cn2c(N)nc3cccc(Cl)c32)ccn1. The normalized spacial score (nSPS) is 10.9. The number of imidazole rings is 1. The first kappa shape index (κ1) is 12.7. The molecule has 2 aromatic heterocycles. The highest BCUT2D eigenvalue weighted by Crippen LogP contribution is 2.26. The molecule has 0 spiro atoms. The topological polar surface area (TPSA) is 66.0 Å². The fourth-order valence-corrected chi connectivity index (χ4v) is 2.43. The average molecular weight is 289 g/mol. The van der Waals surface area contributed by atoms with Gasteiger partial charge in [-0.1, -0.05) is 17.7 Å². The van der Waals surface area contributed by atoms with E-state index in [4.69, 9.17) is 22.1 Å². The highest BCUT2D eigenvalue weighted by atomic mass is 35.5. The standard InChI is InChI=1S/C14H13ClN4O/c1-20-12-7-9(5-6-17-12)8-19-13-10(15)3-2-4-11(13)18-14(19)16/h2-7H,8H2,1H3,(H2,16,18). The smallest absolute Gasteiger partial charge is 0.213 e. The van der Waals surface area contributed by atoms with Gasteiger partial charge in [0.1, 0.15) is 0 Å². The van der Waals surface area contributed by atoms with Gasteiger partial charge in [-0.25, -0.2) is 9.97 Å². The third-order valence-electron chi connectivity index (χ3n) is 3.10. The molecule has 0 unspecified atom stereocenters. The predicted octanol–water partition coefficient (Wildman–Crippen LogP) is 2.72. The zero-order chi connectivity index (χ0) is 14.1. The molecule has 0 aliphatic heterocycles. The van der Waals surface area contributed by atoms with Gasteiger partial charge in [-0.2, -0.15) is 0 Å². The van der Waals surface area contributed by atoms with E-state index in [1.807, 2.05) is 34.9 Å².